The van der Waals surface area contributed by atoms with Crippen molar-refractivity contribution in [3.05, 3.63) is 23.7 Å². The van der Waals surface area contributed by atoms with Crippen LogP contribution in [-0.4, -0.2) is 11.7 Å². The normalized spacial score (nSPS) is 13.5. The molecule has 1 atom stereocenters. The lowest BCUT2D eigenvalue weighted by atomic mass is 10.3. The van der Waals surface area contributed by atoms with Gasteiger partial charge in [0.1, 0.15) is 17.6 Å². The van der Waals surface area contributed by atoms with Crippen LogP contribution in [0, 0.1) is 6.92 Å². The maximum Gasteiger partial charge on any atom is 0.133 e. The van der Waals surface area contributed by atoms with E-state index in [1.165, 1.54) is 0 Å². The Bertz CT molecular complexity index is 207. The van der Waals surface area contributed by atoms with E-state index in [0.717, 1.165) is 5.76 Å². The molecule has 0 saturated carbocycles. The number of furan rings is 1. The molecule has 3 heteroatoms. The van der Waals surface area contributed by atoms with Gasteiger partial charge in [0, 0.05) is 6.54 Å². The molecule has 0 spiro atoms. The fourth-order valence-corrected chi connectivity index (χ4v) is 0.749. The molecule has 0 fully saturated rings. The van der Waals surface area contributed by atoms with Crippen LogP contribution in [0.2, 0.25) is 0 Å². The molecule has 1 unspecified atom stereocenters. The quantitative estimate of drug-likeness (QED) is 0.633. The van der Waals surface area contributed by atoms with Crippen LogP contribution in [0.3, 0.4) is 0 Å². The summed E-state index contributed by atoms with van der Waals surface area (Å²) in [5.41, 5.74) is 5.20. The second-order valence-electron chi connectivity index (χ2n) is 2.20. The van der Waals surface area contributed by atoms with Crippen LogP contribution in [0.1, 0.15) is 17.6 Å². The Morgan fingerprint density at radius 2 is 2.40 bits per heavy atom. The van der Waals surface area contributed by atoms with Crippen molar-refractivity contribution in [3.63, 3.8) is 0 Å². The third-order valence-corrected chi connectivity index (χ3v) is 1.31. The zero-order chi connectivity index (χ0) is 7.56. The molecule has 1 heterocycles. The van der Waals surface area contributed by atoms with Crippen molar-refractivity contribution in [2.75, 3.05) is 6.54 Å². The van der Waals surface area contributed by atoms with Crippen molar-refractivity contribution in [2.45, 2.75) is 13.0 Å². The van der Waals surface area contributed by atoms with Crippen LogP contribution >= 0.6 is 0 Å². The third-order valence-electron chi connectivity index (χ3n) is 1.31. The summed E-state index contributed by atoms with van der Waals surface area (Å²) in [6, 6.07) is 3.53. The second-order valence-corrected chi connectivity index (χ2v) is 2.20. The average molecular weight is 141 g/mol. The Balaban J connectivity index is 2.74. The maximum atomic E-state index is 9.12. The van der Waals surface area contributed by atoms with Crippen molar-refractivity contribution in [3.8, 4) is 0 Å². The molecule has 0 aromatic carbocycles. The van der Waals surface area contributed by atoms with Gasteiger partial charge in [-0.15, -0.1) is 0 Å². The topological polar surface area (TPSA) is 59.4 Å². The number of aliphatic hydroxyl groups excluding tert-OH is 1. The first-order valence-corrected chi connectivity index (χ1v) is 3.18. The van der Waals surface area contributed by atoms with Gasteiger partial charge >= 0.3 is 0 Å². The Kier molecular flexibility index (Phi) is 2.09. The molecular formula is C7H11NO2. The lowest BCUT2D eigenvalue weighted by Crippen LogP contribution is -2.10. The van der Waals surface area contributed by atoms with Gasteiger partial charge in [-0.25, -0.2) is 0 Å². The first-order chi connectivity index (χ1) is 4.74. The molecule has 3 nitrogen and oxygen atoms in total. The zero-order valence-corrected chi connectivity index (χ0v) is 5.87. The van der Waals surface area contributed by atoms with E-state index in [1.807, 2.05) is 6.92 Å². The maximum absolute atomic E-state index is 9.12. The Hall–Kier alpha value is -0.800. The van der Waals surface area contributed by atoms with Crippen molar-refractivity contribution >= 4 is 0 Å². The summed E-state index contributed by atoms with van der Waals surface area (Å²) in [5.74, 6) is 1.34. The standard InChI is InChI=1S/C7H11NO2/c1-5-2-3-7(10-5)6(9)4-8/h2-3,6,9H,4,8H2,1H3. The third kappa shape index (κ3) is 1.37. The van der Waals surface area contributed by atoms with E-state index in [4.69, 9.17) is 15.3 Å². The molecular weight excluding hydrogens is 130 g/mol. The average Bonchev–Trinajstić information content (AvgIpc) is 2.34. The molecule has 0 amide bonds. The van der Waals surface area contributed by atoms with Gasteiger partial charge in [-0.3, -0.25) is 0 Å². The fraction of sp³-hybridized carbons (Fsp3) is 0.429. The van der Waals surface area contributed by atoms with Gasteiger partial charge in [0.2, 0.25) is 0 Å². The number of nitrogens with two attached hydrogens (primary N) is 1. The van der Waals surface area contributed by atoms with Crippen LogP contribution in [0.4, 0.5) is 0 Å². The monoisotopic (exact) mass is 141 g/mol. The van der Waals surface area contributed by atoms with Crippen LogP contribution in [-0.2, 0) is 0 Å². The van der Waals surface area contributed by atoms with Gasteiger partial charge in [0.25, 0.3) is 0 Å². The van der Waals surface area contributed by atoms with Gasteiger partial charge in [0.15, 0.2) is 0 Å². The van der Waals surface area contributed by atoms with E-state index >= 15 is 0 Å². The molecule has 0 radical (unpaired) electrons. The predicted octanol–water partition coefficient (Wildman–Crippen LogP) is 0.580. The van der Waals surface area contributed by atoms with E-state index < -0.39 is 6.10 Å². The van der Waals surface area contributed by atoms with E-state index in [2.05, 4.69) is 0 Å². The molecule has 0 saturated heterocycles. The minimum atomic E-state index is -0.659. The molecule has 1 rings (SSSR count). The Morgan fingerprint density at radius 1 is 1.70 bits per heavy atom. The van der Waals surface area contributed by atoms with Gasteiger partial charge in [-0.1, -0.05) is 0 Å². The van der Waals surface area contributed by atoms with E-state index in [-0.39, 0.29) is 6.54 Å². The molecule has 0 aliphatic carbocycles. The smallest absolute Gasteiger partial charge is 0.133 e. The number of hydrogen-bond donors (Lipinski definition) is 2. The lowest BCUT2D eigenvalue weighted by Gasteiger charge is -2.01. The SMILES string of the molecule is Cc1ccc(C(O)CN)o1. The summed E-state index contributed by atoms with van der Waals surface area (Å²) >= 11 is 0. The highest BCUT2D eigenvalue weighted by Crippen LogP contribution is 2.13. The minimum absolute atomic E-state index is 0.201. The first kappa shape index (κ1) is 7.31. The zero-order valence-electron chi connectivity index (χ0n) is 5.87. The summed E-state index contributed by atoms with van der Waals surface area (Å²) in [4.78, 5) is 0. The van der Waals surface area contributed by atoms with Crippen LogP contribution in [0.15, 0.2) is 16.5 Å². The minimum Gasteiger partial charge on any atom is -0.464 e. The molecule has 0 aliphatic rings. The molecule has 56 valence electrons. The van der Waals surface area contributed by atoms with Crippen molar-refractivity contribution in [2.24, 2.45) is 5.73 Å². The molecule has 0 bridgehead atoms. The van der Waals surface area contributed by atoms with Crippen LogP contribution in [0.5, 0.6) is 0 Å². The van der Waals surface area contributed by atoms with Crippen molar-refractivity contribution in [1.82, 2.24) is 0 Å². The summed E-state index contributed by atoms with van der Waals surface area (Å²) in [6.45, 7) is 2.03. The molecule has 3 N–H and O–H groups in total. The van der Waals surface area contributed by atoms with Crippen LogP contribution < -0.4 is 5.73 Å². The van der Waals surface area contributed by atoms with E-state index in [1.54, 1.807) is 12.1 Å². The molecule has 1 aromatic heterocycles. The highest BCUT2D eigenvalue weighted by molar-refractivity contribution is 5.07. The molecule has 0 aliphatic heterocycles. The van der Waals surface area contributed by atoms with Crippen LogP contribution in [0.25, 0.3) is 0 Å². The Labute approximate surface area is 59.5 Å². The Morgan fingerprint density at radius 3 is 2.80 bits per heavy atom. The summed E-state index contributed by atoms with van der Waals surface area (Å²) < 4.78 is 5.11. The fourth-order valence-electron chi connectivity index (χ4n) is 0.749. The number of aliphatic hydroxyl groups is 1. The lowest BCUT2D eigenvalue weighted by molar-refractivity contribution is 0.156. The summed E-state index contributed by atoms with van der Waals surface area (Å²) in [7, 11) is 0. The summed E-state index contributed by atoms with van der Waals surface area (Å²) in [6.07, 6.45) is -0.659. The van der Waals surface area contributed by atoms with E-state index in [9.17, 15) is 0 Å². The van der Waals surface area contributed by atoms with E-state index in [0.29, 0.717) is 5.76 Å². The summed E-state index contributed by atoms with van der Waals surface area (Å²) in [5, 5.41) is 9.12. The van der Waals surface area contributed by atoms with Gasteiger partial charge in [-0.2, -0.15) is 0 Å². The van der Waals surface area contributed by atoms with Gasteiger partial charge in [0.05, 0.1) is 0 Å². The second kappa shape index (κ2) is 2.86. The predicted molar refractivity (Wildman–Crippen MR) is 37.5 cm³/mol. The van der Waals surface area contributed by atoms with Crippen molar-refractivity contribution in [1.29, 1.82) is 0 Å². The largest absolute Gasteiger partial charge is 0.464 e. The first-order valence-electron chi connectivity index (χ1n) is 3.18. The van der Waals surface area contributed by atoms with Crippen molar-refractivity contribution < 1.29 is 9.52 Å². The highest BCUT2D eigenvalue weighted by Gasteiger charge is 2.07. The number of hydrogen-bond acceptors (Lipinski definition) is 3. The highest BCUT2D eigenvalue weighted by atomic mass is 16.4. The number of rotatable bonds is 2. The molecule has 1 aromatic rings. The van der Waals surface area contributed by atoms with Gasteiger partial charge in [-0.05, 0) is 19.1 Å². The molecule has 10 heavy (non-hydrogen) atoms. The number of aryl methyl sites for hydroxylation is 1. The van der Waals surface area contributed by atoms with Gasteiger partial charge < -0.3 is 15.3 Å².